The van der Waals surface area contributed by atoms with Gasteiger partial charge in [-0.05, 0) is 67.1 Å². The van der Waals surface area contributed by atoms with E-state index in [2.05, 4.69) is 15.3 Å². The Hall–Kier alpha value is -3.35. The highest BCUT2D eigenvalue weighted by Gasteiger charge is 2.15. The molecule has 0 spiro atoms. The van der Waals surface area contributed by atoms with Crippen LogP contribution in [0.25, 0.3) is 11.0 Å². The summed E-state index contributed by atoms with van der Waals surface area (Å²) < 4.78 is 5.13. The first-order valence-electron chi connectivity index (χ1n) is 8.89. The lowest BCUT2D eigenvalue weighted by atomic mass is 9.90. The fourth-order valence-electron chi connectivity index (χ4n) is 3.38. The Bertz CT molecular complexity index is 1080. The van der Waals surface area contributed by atoms with Gasteiger partial charge in [0.2, 0.25) is 0 Å². The third-order valence-corrected chi connectivity index (χ3v) is 4.72. The maximum atomic E-state index is 12.2. The average Bonchev–Trinajstić information content (AvgIpc) is 3.05. The number of imidazole rings is 1. The van der Waals surface area contributed by atoms with Gasteiger partial charge in [-0.3, -0.25) is 4.79 Å². The van der Waals surface area contributed by atoms with Gasteiger partial charge in [-0.25, -0.2) is 9.59 Å². The van der Waals surface area contributed by atoms with Gasteiger partial charge in [-0.1, -0.05) is 6.07 Å². The molecule has 7 nitrogen and oxygen atoms in total. The lowest BCUT2D eigenvalue weighted by Gasteiger charge is -2.16. The number of nitrogens with one attached hydrogen (secondary N) is 3. The summed E-state index contributed by atoms with van der Waals surface area (Å²) in [5, 5.41) is 2.65. The number of carbonyl (C=O) groups is 2. The molecule has 1 aliphatic carbocycles. The van der Waals surface area contributed by atoms with Crippen LogP contribution in [0.3, 0.4) is 0 Å². The molecule has 7 heteroatoms. The number of anilines is 1. The molecular weight excluding hydrogens is 346 g/mol. The van der Waals surface area contributed by atoms with Gasteiger partial charge in [0, 0.05) is 5.69 Å². The molecule has 0 saturated carbocycles. The molecule has 0 saturated heterocycles. The third kappa shape index (κ3) is 3.76. The number of esters is 1. The highest BCUT2D eigenvalue weighted by atomic mass is 16.5. The van der Waals surface area contributed by atoms with Crippen molar-refractivity contribution in [3.63, 3.8) is 0 Å². The van der Waals surface area contributed by atoms with E-state index in [9.17, 15) is 14.4 Å². The number of amides is 1. The zero-order valence-electron chi connectivity index (χ0n) is 14.6. The molecule has 3 N–H and O–H groups in total. The van der Waals surface area contributed by atoms with Crippen molar-refractivity contribution in [3.05, 3.63) is 63.6 Å². The Morgan fingerprint density at radius 3 is 2.59 bits per heavy atom. The molecule has 0 unspecified atom stereocenters. The van der Waals surface area contributed by atoms with E-state index in [1.54, 1.807) is 24.3 Å². The Kier molecular flexibility index (Phi) is 4.50. The van der Waals surface area contributed by atoms with Gasteiger partial charge < -0.3 is 20.0 Å². The normalized spacial score (nSPS) is 13.2. The second-order valence-corrected chi connectivity index (χ2v) is 6.65. The van der Waals surface area contributed by atoms with Crippen molar-refractivity contribution >= 4 is 28.6 Å². The summed E-state index contributed by atoms with van der Waals surface area (Å²) in [6.07, 6.45) is 4.33. The van der Waals surface area contributed by atoms with Crippen LogP contribution in [0.15, 0.2) is 41.2 Å². The smallest absolute Gasteiger partial charge is 0.338 e. The molecule has 0 aliphatic heterocycles. The molecule has 0 fully saturated rings. The van der Waals surface area contributed by atoms with Crippen LogP contribution in [0.4, 0.5) is 5.69 Å². The van der Waals surface area contributed by atoms with Gasteiger partial charge >= 0.3 is 11.7 Å². The first-order valence-corrected chi connectivity index (χ1v) is 8.89. The molecule has 4 rings (SSSR count). The SMILES string of the molecule is O=C(COC(=O)c1ccc2c(c1)CCCC2)Nc1ccc2[nH]c(=O)[nH]c2c1. The molecule has 1 aliphatic rings. The summed E-state index contributed by atoms with van der Waals surface area (Å²) in [6, 6.07) is 10.6. The number of ether oxygens (including phenoxy) is 1. The number of aryl methyl sites for hydroxylation is 2. The molecule has 27 heavy (non-hydrogen) atoms. The lowest BCUT2D eigenvalue weighted by Crippen LogP contribution is -2.21. The fourth-order valence-corrected chi connectivity index (χ4v) is 3.38. The van der Waals surface area contributed by atoms with Gasteiger partial charge in [0.25, 0.3) is 5.91 Å². The molecule has 0 atom stereocenters. The summed E-state index contributed by atoms with van der Waals surface area (Å²) in [6.45, 7) is -0.377. The minimum Gasteiger partial charge on any atom is -0.452 e. The molecule has 0 radical (unpaired) electrons. The molecule has 3 aromatic rings. The fraction of sp³-hybridized carbons (Fsp3) is 0.250. The van der Waals surface area contributed by atoms with Crippen molar-refractivity contribution in [3.8, 4) is 0 Å². The van der Waals surface area contributed by atoms with E-state index in [0.717, 1.165) is 19.3 Å². The second-order valence-electron chi connectivity index (χ2n) is 6.65. The maximum Gasteiger partial charge on any atom is 0.338 e. The van der Waals surface area contributed by atoms with Gasteiger partial charge in [0.15, 0.2) is 6.61 Å². The number of carbonyl (C=O) groups excluding carboxylic acids is 2. The van der Waals surface area contributed by atoms with E-state index in [1.165, 1.54) is 17.5 Å². The number of hydrogen-bond donors (Lipinski definition) is 3. The standard InChI is InChI=1S/C20H19N3O4/c24-18(21-15-7-8-16-17(10-15)23-20(26)22-16)11-27-19(25)14-6-5-12-3-1-2-4-13(12)9-14/h5-10H,1-4,11H2,(H,21,24)(H2,22,23,26). The van der Waals surface area contributed by atoms with Crippen LogP contribution in [0.5, 0.6) is 0 Å². The van der Waals surface area contributed by atoms with Crippen LogP contribution in [0.2, 0.25) is 0 Å². The lowest BCUT2D eigenvalue weighted by molar-refractivity contribution is -0.119. The Morgan fingerprint density at radius 1 is 0.963 bits per heavy atom. The van der Waals surface area contributed by atoms with Crippen molar-refractivity contribution in [2.75, 3.05) is 11.9 Å². The summed E-state index contributed by atoms with van der Waals surface area (Å²) in [5.41, 5.74) is 4.37. The van der Waals surface area contributed by atoms with E-state index in [0.29, 0.717) is 22.3 Å². The predicted molar refractivity (Wildman–Crippen MR) is 101 cm³/mol. The molecule has 1 aromatic heterocycles. The van der Waals surface area contributed by atoms with Crippen LogP contribution in [0, 0.1) is 0 Å². The first kappa shape index (κ1) is 17.1. The van der Waals surface area contributed by atoms with Crippen LogP contribution in [-0.2, 0) is 22.4 Å². The molecule has 2 aromatic carbocycles. The Morgan fingerprint density at radius 2 is 1.74 bits per heavy atom. The Labute approximate surface area is 154 Å². The van der Waals surface area contributed by atoms with Crippen molar-refractivity contribution in [1.82, 2.24) is 9.97 Å². The van der Waals surface area contributed by atoms with Gasteiger partial charge in [-0.2, -0.15) is 0 Å². The van der Waals surface area contributed by atoms with Crippen LogP contribution >= 0.6 is 0 Å². The first-order chi connectivity index (χ1) is 13.1. The number of fused-ring (bicyclic) bond motifs is 2. The number of H-pyrrole nitrogens is 2. The number of rotatable bonds is 4. The monoisotopic (exact) mass is 365 g/mol. The van der Waals surface area contributed by atoms with E-state index in [4.69, 9.17) is 4.74 Å². The largest absolute Gasteiger partial charge is 0.452 e. The van der Waals surface area contributed by atoms with E-state index < -0.39 is 11.9 Å². The second kappa shape index (κ2) is 7.11. The van der Waals surface area contributed by atoms with E-state index >= 15 is 0 Å². The summed E-state index contributed by atoms with van der Waals surface area (Å²) in [4.78, 5) is 40.8. The highest BCUT2D eigenvalue weighted by molar-refractivity contribution is 5.96. The van der Waals surface area contributed by atoms with Crippen LogP contribution < -0.4 is 11.0 Å². The van der Waals surface area contributed by atoms with Gasteiger partial charge in [0.05, 0.1) is 16.6 Å². The summed E-state index contributed by atoms with van der Waals surface area (Å²) >= 11 is 0. The van der Waals surface area contributed by atoms with Crippen molar-refractivity contribution in [1.29, 1.82) is 0 Å². The minimum atomic E-state index is -0.510. The number of aromatic amines is 2. The summed E-state index contributed by atoms with van der Waals surface area (Å²) in [7, 11) is 0. The van der Waals surface area contributed by atoms with Crippen LogP contribution in [0.1, 0.15) is 34.3 Å². The number of hydrogen-bond acceptors (Lipinski definition) is 4. The van der Waals surface area contributed by atoms with Gasteiger partial charge in [-0.15, -0.1) is 0 Å². The van der Waals surface area contributed by atoms with Crippen LogP contribution in [-0.4, -0.2) is 28.5 Å². The third-order valence-electron chi connectivity index (χ3n) is 4.72. The number of aromatic nitrogens is 2. The minimum absolute atomic E-state index is 0.313. The predicted octanol–water partition coefficient (Wildman–Crippen LogP) is 2.53. The van der Waals surface area contributed by atoms with Crippen molar-refractivity contribution < 1.29 is 14.3 Å². The molecule has 1 amide bonds. The van der Waals surface area contributed by atoms with Crippen molar-refractivity contribution in [2.45, 2.75) is 25.7 Å². The summed E-state index contributed by atoms with van der Waals surface area (Å²) in [5.74, 6) is -0.956. The zero-order chi connectivity index (χ0) is 18.8. The molecular formula is C20H19N3O4. The van der Waals surface area contributed by atoms with E-state index in [-0.39, 0.29) is 12.3 Å². The number of benzene rings is 2. The topological polar surface area (TPSA) is 104 Å². The molecule has 1 heterocycles. The molecule has 138 valence electrons. The maximum absolute atomic E-state index is 12.2. The quantitative estimate of drug-likeness (QED) is 0.618. The average molecular weight is 365 g/mol. The van der Waals surface area contributed by atoms with Crippen molar-refractivity contribution in [2.24, 2.45) is 0 Å². The highest BCUT2D eigenvalue weighted by Crippen LogP contribution is 2.22. The molecule has 0 bridgehead atoms. The Balaban J connectivity index is 1.36. The van der Waals surface area contributed by atoms with Gasteiger partial charge in [0.1, 0.15) is 0 Å². The zero-order valence-corrected chi connectivity index (χ0v) is 14.6. The van der Waals surface area contributed by atoms with E-state index in [1.807, 2.05) is 12.1 Å².